The Morgan fingerprint density at radius 2 is 2.11 bits per heavy atom. The van der Waals surface area contributed by atoms with Crippen molar-refractivity contribution in [3.63, 3.8) is 0 Å². The number of nitrogens with zero attached hydrogens (tertiary/aromatic N) is 3. The van der Waals surface area contributed by atoms with Crippen LogP contribution < -0.4 is 5.73 Å². The highest BCUT2D eigenvalue weighted by Gasteiger charge is 2.37. The van der Waals surface area contributed by atoms with Crippen LogP contribution in [0.4, 0.5) is 0 Å². The summed E-state index contributed by atoms with van der Waals surface area (Å²) in [4.78, 5) is 7.06. The molecule has 1 aromatic heterocycles. The van der Waals surface area contributed by atoms with Crippen molar-refractivity contribution < 1.29 is 0 Å². The van der Waals surface area contributed by atoms with E-state index in [0.29, 0.717) is 0 Å². The van der Waals surface area contributed by atoms with Gasteiger partial charge < -0.3 is 10.3 Å². The lowest BCUT2D eigenvalue weighted by Gasteiger charge is -2.40. The van der Waals surface area contributed by atoms with Crippen LogP contribution in [0.5, 0.6) is 0 Å². The molecular weight excluding hydrogens is 236 g/mol. The summed E-state index contributed by atoms with van der Waals surface area (Å²) in [7, 11) is 2.07. The van der Waals surface area contributed by atoms with Crippen LogP contribution in [0, 0.1) is 0 Å². The van der Waals surface area contributed by atoms with Crippen molar-refractivity contribution in [3.8, 4) is 0 Å². The first kappa shape index (κ1) is 14.5. The van der Waals surface area contributed by atoms with Gasteiger partial charge >= 0.3 is 0 Å². The lowest BCUT2D eigenvalue weighted by Crippen LogP contribution is -2.53. The maximum atomic E-state index is 6.12. The summed E-state index contributed by atoms with van der Waals surface area (Å²) >= 11 is 0. The molecule has 0 aliphatic heterocycles. The molecule has 0 saturated heterocycles. The summed E-state index contributed by atoms with van der Waals surface area (Å²) in [6.45, 7) is 5.29. The average molecular weight is 264 g/mol. The number of rotatable bonds is 7. The van der Waals surface area contributed by atoms with Crippen molar-refractivity contribution in [2.75, 3.05) is 19.6 Å². The average Bonchev–Trinajstić information content (AvgIpc) is 3.04. The summed E-state index contributed by atoms with van der Waals surface area (Å²) in [5.41, 5.74) is 6.38. The zero-order chi connectivity index (χ0) is 13.7. The number of imidazole rings is 1. The SMILES string of the molecule is CCCN(CCc1nccn1C)C1(CN)CCCC1. The van der Waals surface area contributed by atoms with Crippen LogP contribution in [0.15, 0.2) is 12.4 Å². The molecule has 0 bridgehead atoms. The molecule has 19 heavy (non-hydrogen) atoms. The van der Waals surface area contributed by atoms with Gasteiger partial charge in [-0.05, 0) is 25.8 Å². The van der Waals surface area contributed by atoms with E-state index in [-0.39, 0.29) is 5.54 Å². The molecule has 1 heterocycles. The number of hydrogen-bond donors (Lipinski definition) is 1. The van der Waals surface area contributed by atoms with Crippen LogP contribution >= 0.6 is 0 Å². The van der Waals surface area contributed by atoms with E-state index in [0.717, 1.165) is 26.1 Å². The fourth-order valence-electron chi connectivity index (χ4n) is 3.41. The van der Waals surface area contributed by atoms with E-state index < -0.39 is 0 Å². The molecule has 1 saturated carbocycles. The Labute approximate surface area is 117 Å². The Hall–Kier alpha value is -0.870. The molecule has 1 aromatic rings. The minimum Gasteiger partial charge on any atom is -0.338 e. The van der Waals surface area contributed by atoms with Gasteiger partial charge in [-0.1, -0.05) is 19.8 Å². The third-order valence-corrected chi connectivity index (χ3v) is 4.60. The zero-order valence-electron chi connectivity index (χ0n) is 12.4. The third kappa shape index (κ3) is 3.18. The molecule has 4 nitrogen and oxygen atoms in total. The minimum absolute atomic E-state index is 0.265. The van der Waals surface area contributed by atoms with Crippen LogP contribution in [0.1, 0.15) is 44.9 Å². The van der Waals surface area contributed by atoms with Gasteiger partial charge in [-0.2, -0.15) is 0 Å². The summed E-state index contributed by atoms with van der Waals surface area (Å²) in [6, 6.07) is 0. The molecule has 0 radical (unpaired) electrons. The van der Waals surface area contributed by atoms with E-state index >= 15 is 0 Å². The Balaban J connectivity index is 2.01. The van der Waals surface area contributed by atoms with Crippen LogP contribution in [-0.4, -0.2) is 39.6 Å². The van der Waals surface area contributed by atoms with Gasteiger partial charge in [-0.25, -0.2) is 4.98 Å². The Morgan fingerprint density at radius 1 is 1.37 bits per heavy atom. The lowest BCUT2D eigenvalue weighted by molar-refractivity contribution is 0.0992. The van der Waals surface area contributed by atoms with Crippen molar-refractivity contribution in [1.29, 1.82) is 0 Å². The van der Waals surface area contributed by atoms with Gasteiger partial charge in [0, 0.05) is 44.5 Å². The first-order valence-electron chi connectivity index (χ1n) is 7.63. The smallest absolute Gasteiger partial charge is 0.109 e. The molecule has 0 spiro atoms. The highest BCUT2D eigenvalue weighted by Crippen LogP contribution is 2.34. The number of hydrogen-bond acceptors (Lipinski definition) is 3. The summed E-state index contributed by atoms with van der Waals surface area (Å²) in [6.07, 6.45) is 11.3. The Bertz CT molecular complexity index is 379. The fraction of sp³-hybridized carbons (Fsp3) is 0.800. The van der Waals surface area contributed by atoms with E-state index in [1.165, 1.54) is 37.9 Å². The molecule has 4 heteroatoms. The molecule has 108 valence electrons. The Kier molecular flexibility index (Phi) is 4.99. The highest BCUT2D eigenvalue weighted by atomic mass is 15.2. The van der Waals surface area contributed by atoms with E-state index in [1.807, 2.05) is 12.4 Å². The van der Waals surface area contributed by atoms with Crippen molar-refractivity contribution in [1.82, 2.24) is 14.5 Å². The second-order valence-corrected chi connectivity index (χ2v) is 5.83. The van der Waals surface area contributed by atoms with Crippen molar-refractivity contribution in [3.05, 3.63) is 18.2 Å². The van der Waals surface area contributed by atoms with Crippen molar-refractivity contribution >= 4 is 0 Å². The third-order valence-electron chi connectivity index (χ3n) is 4.60. The van der Waals surface area contributed by atoms with Crippen LogP contribution in [0.25, 0.3) is 0 Å². The first-order chi connectivity index (χ1) is 9.22. The number of nitrogens with two attached hydrogens (primary N) is 1. The first-order valence-corrected chi connectivity index (χ1v) is 7.63. The normalized spacial score (nSPS) is 18.3. The van der Waals surface area contributed by atoms with Crippen LogP contribution in [0.2, 0.25) is 0 Å². The predicted octanol–water partition coefficient (Wildman–Crippen LogP) is 1.95. The van der Waals surface area contributed by atoms with E-state index in [2.05, 4.69) is 28.4 Å². The molecule has 0 aromatic carbocycles. The maximum absolute atomic E-state index is 6.12. The predicted molar refractivity (Wildman–Crippen MR) is 79.0 cm³/mol. The van der Waals surface area contributed by atoms with Gasteiger partial charge in [0.2, 0.25) is 0 Å². The zero-order valence-corrected chi connectivity index (χ0v) is 12.4. The van der Waals surface area contributed by atoms with Crippen molar-refractivity contribution in [2.24, 2.45) is 12.8 Å². The molecular formula is C15H28N4. The van der Waals surface area contributed by atoms with Gasteiger partial charge in [0.1, 0.15) is 5.82 Å². The van der Waals surface area contributed by atoms with E-state index in [9.17, 15) is 0 Å². The van der Waals surface area contributed by atoms with Gasteiger partial charge in [0.15, 0.2) is 0 Å². The highest BCUT2D eigenvalue weighted by molar-refractivity contribution is 4.98. The molecule has 1 aliphatic carbocycles. The second kappa shape index (κ2) is 6.53. The molecule has 1 fully saturated rings. The number of aryl methyl sites for hydroxylation is 1. The molecule has 2 rings (SSSR count). The minimum atomic E-state index is 0.265. The standard InChI is InChI=1S/C15H28N4/c1-3-10-19(15(13-16)7-4-5-8-15)11-6-14-17-9-12-18(14)2/h9,12H,3-8,10-11,13,16H2,1-2H3. The molecule has 2 N–H and O–H groups in total. The summed E-state index contributed by atoms with van der Waals surface area (Å²) in [5, 5.41) is 0. The maximum Gasteiger partial charge on any atom is 0.109 e. The molecule has 1 aliphatic rings. The van der Waals surface area contributed by atoms with Gasteiger partial charge in [0.25, 0.3) is 0 Å². The second-order valence-electron chi connectivity index (χ2n) is 5.83. The van der Waals surface area contributed by atoms with Gasteiger partial charge in [-0.15, -0.1) is 0 Å². The lowest BCUT2D eigenvalue weighted by atomic mass is 9.94. The number of aromatic nitrogens is 2. The van der Waals surface area contributed by atoms with Gasteiger partial charge in [0.05, 0.1) is 0 Å². The quantitative estimate of drug-likeness (QED) is 0.819. The topological polar surface area (TPSA) is 47.1 Å². The fourth-order valence-corrected chi connectivity index (χ4v) is 3.41. The molecule has 0 unspecified atom stereocenters. The van der Waals surface area contributed by atoms with Crippen LogP contribution in [-0.2, 0) is 13.5 Å². The van der Waals surface area contributed by atoms with Crippen LogP contribution in [0.3, 0.4) is 0 Å². The summed E-state index contributed by atoms with van der Waals surface area (Å²) in [5.74, 6) is 1.17. The van der Waals surface area contributed by atoms with E-state index in [4.69, 9.17) is 5.73 Å². The monoisotopic (exact) mass is 264 g/mol. The molecule has 0 atom stereocenters. The largest absolute Gasteiger partial charge is 0.338 e. The van der Waals surface area contributed by atoms with Gasteiger partial charge in [-0.3, -0.25) is 4.90 Å². The van der Waals surface area contributed by atoms with Crippen molar-refractivity contribution in [2.45, 2.75) is 51.0 Å². The molecule has 0 amide bonds. The Morgan fingerprint density at radius 3 is 2.63 bits per heavy atom. The van der Waals surface area contributed by atoms with E-state index in [1.54, 1.807) is 0 Å². The summed E-state index contributed by atoms with van der Waals surface area (Å²) < 4.78 is 2.12.